The number of likely N-dealkylation sites (tertiary alicyclic amines) is 1. The summed E-state index contributed by atoms with van der Waals surface area (Å²) in [5.74, 6) is 6.06. The quantitative estimate of drug-likeness (QED) is 0.388. The van der Waals surface area contributed by atoms with Gasteiger partial charge in [-0.2, -0.15) is 5.10 Å². The van der Waals surface area contributed by atoms with Crippen molar-refractivity contribution < 1.29 is 14.9 Å². The van der Waals surface area contributed by atoms with Crippen molar-refractivity contribution in [2.45, 2.75) is 31.3 Å². The van der Waals surface area contributed by atoms with Gasteiger partial charge in [0, 0.05) is 35.0 Å². The van der Waals surface area contributed by atoms with E-state index < -0.39 is 5.97 Å². The van der Waals surface area contributed by atoms with Gasteiger partial charge in [0.05, 0.1) is 17.8 Å². The Bertz CT molecular complexity index is 1310. The number of rotatable bonds is 5. The molecule has 8 heteroatoms. The molecule has 1 saturated heterocycles. The summed E-state index contributed by atoms with van der Waals surface area (Å²) in [5.41, 5.74) is 8.49. The number of fused-ring (bicyclic) bond motifs is 1. The Kier molecular flexibility index (Phi) is 5.29. The van der Waals surface area contributed by atoms with Crippen molar-refractivity contribution in [3.05, 3.63) is 60.0 Å². The number of nitrogen functional groups attached to an aromatic ring is 1. The fraction of sp³-hybridized carbons (Fsp3) is 0.407. The third kappa shape index (κ3) is 4.50. The number of piperidine rings is 1. The summed E-state index contributed by atoms with van der Waals surface area (Å²) in [4.78, 5) is 6.54. The molecule has 1 aromatic carbocycles. The van der Waals surface area contributed by atoms with Gasteiger partial charge < -0.3 is 25.6 Å². The van der Waals surface area contributed by atoms with E-state index in [4.69, 9.17) is 10.5 Å². The molecular weight excluding hydrogens is 442 g/mol. The molecule has 8 nitrogen and oxygen atoms in total. The second-order valence-electron chi connectivity index (χ2n) is 10.0. The standard InChI is InChI=1S/C27H29N5O3/c1-31-9-7-21(8-10-31)32-16-19(15-30-32)18-12-25(26(28)29-14-18)35-27(33,34)20-4-2-3-17(11-20)5-6-22-23-13-24(22)23/h2-4,11-12,14-16,21-24,33-34H,7-10,13H2,1H3,(H2,28,29). The van der Waals surface area contributed by atoms with Crippen LogP contribution in [-0.4, -0.2) is 50.0 Å². The molecule has 4 N–H and O–H groups in total. The summed E-state index contributed by atoms with van der Waals surface area (Å²) in [7, 11) is 2.13. The molecule has 3 aliphatic rings. The predicted octanol–water partition coefficient (Wildman–Crippen LogP) is 2.59. The molecule has 3 heterocycles. The van der Waals surface area contributed by atoms with E-state index in [1.807, 2.05) is 16.9 Å². The van der Waals surface area contributed by atoms with Gasteiger partial charge in [-0.1, -0.05) is 17.9 Å². The van der Waals surface area contributed by atoms with Gasteiger partial charge in [0.2, 0.25) is 0 Å². The normalized spacial score (nSPS) is 23.8. The number of aromatic nitrogens is 3. The van der Waals surface area contributed by atoms with E-state index in [-0.39, 0.29) is 17.1 Å². The lowest BCUT2D eigenvalue weighted by atomic mass is 10.1. The summed E-state index contributed by atoms with van der Waals surface area (Å²) in [6.07, 6.45) is 8.81. The fourth-order valence-electron chi connectivity index (χ4n) is 4.81. The number of hydrogen-bond donors (Lipinski definition) is 3. The molecule has 3 fully saturated rings. The van der Waals surface area contributed by atoms with Crippen molar-refractivity contribution in [2.24, 2.45) is 17.8 Å². The van der Waals surface area contributed by atoms with E-state index >= 15 is 0 Å². The average Bonchev–Trinajstić information content (AvgIpc) is 3.72. The third-order valence-corrected chi connectivity index (χ3v) is 7.43. The second kappa shape index (κ2) is 8.38. The van der Waals surface area contributed by atoms with Crippen LogP contribution in [0, 0.1) is 29.6 Å². The molecule has 0 radical (unpaired) electrons. The number of pyridine rings is 1. The number of nitrogens with two attached hydrogens (primary N) is 1. The molecule has 2 aromatic heterocycles. The van der Waals surface area contributed by atoms with Gasteiger partial charge in [0.15, 0.2) is 11.6 Å². The van der Waals surface area contributed by atoms with E-state index in [1.54, 1.807) is 36.7 Å². The van der Waals surface area contributed by atoms with Crippen molar-refractivity contribution in [2.75, 3.05) is 25.9 Å². The Morgan fingerprint density at radius 3 is 2.66 bits per heavy atom. The molecule has 180 valence electrons. The molecule has 0 spiro atoms. The van der Waals surface area contributed by atoms with Crippen LogP contribution in [0.1, 0.15) is 36.4 Å². The van der Waals surface area contributed by atoms with Gasteiger partial charge in [0.1, 0.15) is 0 Å². The van der Waals surface area contributed by atoms with Crippen LogP contribution >= 0.6 is 0 Å². The van der Waals surface area contributed by atoms with Crippen LogP contribution in [-0.2, 0) is 5.97 Å². The van der Waals surface area contributed by atoms with E-state index in [2.05, 4.69) is 33.9 Å². The minimum Gasteiger partial charge on any atom is -0.432 e. The molecule has 35 heavy (non-hydrogen) atoms. The Morgan fingerprint density at radius 1 is 1.11 bits per heavy atom. The summed E-state index contributed by atoms with van der Waals surface area (Å²) >= 11 is 0. The highest BCUT2D eigenvalue weighted by molar-refractivity contribution is 5.66. The number of benzene rings is 1. The lowest BCUT2D eigenvalue weighted by Crippen LogP contribution is -2.32. The lowest BCUT2D eigenvalue weighted by Gasteiger charge is -2.28. The Labute approximate surface area is 204 Å². The summed E-state index contributed by atoms with van der Waals surface area (Å²) < 4.78 is 7.57. The average molecular weight is 472 g/mol. The predicted molar refractivity (Wildman–Crippen MR) is 131 cm³/mol. The molecule has 2 aliphatic carbocycles. The highest BCUT2D eigenvalue weighted by atomic mass is 16.8. The molecule has 0 amide bonds. The SMILES string of the molecule is CN1CCC(n2cc(-c3cnc(N)c(OC(O)(O)c4cccc(C#CC5C6CC56)c4)c3)cn2)CC1. The van der Waals surface area contributed by atoms with Crippen LogP contribution in [0.2, 0.25) is 0 Å². The molecule has 2 atom stereocenters. The van der Waals surface area contributed by atoms with Crippen molar-refractivity contribution in [3.8, 4) is 28.7 Å². The van der Waals surface area contributed by atoms with Crippen LogP contribution in [0.4, 0.5) is 5.82 Å². The largest absolute Gasteiger partial charge is 0.432 e. The van der Waals surface area contributed by atoms with Crippen LogP contribution in [0.3, 0.4) is 0 Å². The van der Waals surface area contributed by atoms with E-state index in [9.17, 15) is 10.2 Å². The Morgan fingerprint density at radius 2 is 1.91 bits per heavy atom. The van der Waals surface area contributed by atoms with E-state index in [1.165, 1.54) is 6.42 Å². The molecule has 6 rings (SSSR count). The zero-order valence-electron chi connectivity index (χ0n) is 19.6. The molecule has 0 bridgehead atoms. The number of hydrogen-bond acceptors (Lipinski definition) is 7. The van der Waals surface area contributed by atoms with Crippen molar-refractivity contribution in [1.82, 2.24) is 19.7 Å². The van der Waals surface area contributed by atoms with Crippen molar-refractivity contribution >= 4 is 5.82 Å². The maximum atomic E-state index is 10.8. The van der Waals surface area contributed by atoms with Crippen LogP contribution < -0.4 is 10.5 Å². The van der Waals surface area contributed by atoms with E-state index in [0.717, 1.165) is 48.9 Å². The first kappa shape index (κ1) is 22.1. The highest BCUT2D eigenvalue weighted by Gasteiger charge is 2.63. The molecule has 2 unspecified atom stereocenters. The number of anilines is 1. The van der Waals surface area contributed by atoms with Crippen LogP contribution in [0.15, 0.2) is 48.9 Å². The fourth-order valence-corrected chi connectivity index (χ4v) is 4.81. The monoisotopic (exact) mass is 471 g/mol. The van der Waals surface area contributed by atoms with Gasteiger partial charge in [-0.15, -0.1) is 0 Å². The minimum atomic E-state index is -2.59. The molecule has 2 saturated carbocycles. The maximum Gasteiger partial charge on any atom is 0.351 e. The zero-order valence-corrected chi connectivity index (χ0v) is 19.6. The molecule has 3 aromatic rings. The van der Waals surface area contributed by atoms with Gasteiger partial charge in [-0.25, -0.2) is 4.98 Å². The molecule has 1 aliphatic heterocycles. The first-order valence-corrected chi connectivity index (χ1v) is 12.1. The van der Waals surface area contributed by atoms with Gasteiger partial charge in [-0.3, -0.25) is 4.68 Å². The number of aliphatic hydroxyl groups is 2. The number of nitrogens with zero attached hydrogens (tertiary/aromatic N) is 4. The van der Waals surface area contributed by atoms with Gasteiger partial charge in [0.25, 0.3) is 0 Å². The molecular formula is C27H29N5O3. The Balaban J connectivity index is 1.20. The maximum absolute atomic E-state index is 10.8. The second-order valence-corrected chi connectivity index (χ2v) is 10.0. The zero-order chi connectivity index (χ0) is 24.2. The smallest absolute Gasteiger partial charge is 0.351 e. The Hall–Kier alpha value is -3.38. The van der Waals surface area contributed by atoms with E-state index in [0.29, 0.717) is 17.5 Å². The van der Waals surface area contributed by atoms with Crippen molar-refractivity contribution in [1.29, 1.82) is 0 Å². The topological polar surface area (TPSA) is 110 Å². The lowest BCUT2D eigenvalue weighted by molar-refractivity contribution is -0.303. The first-order chi connectivity index (χ1) is 16.9. The minimum absolute atomic E-state index is 0.0628. The summed E-state index contributed by atoms with van der Waals surface area (Å²) in [6, 6.07) is 8.80. The van der Waals surface area contributed by atoms with Gasteiger partial charge >= 0.3 is 5.97 Å². The summed E-state index contributed by atoms with van der Waals surface area (Å²) in [5, 5.41) is 26.1. The van der Waals surface area contributed by atoms with Crippen molar-refractivity contribution in [3.63, 3.8) is 0 Å². The summed E-state index contributed by atoms with van der Waals surface area (Å²) in [6.45, 7) is 2.09. The third-order valence-electron chi connectivity index (χ3n) is 7.43. The highest BCUT2D eigenvalue weighted by Crippen LogP contribution is 2.67. The van der Waals surface area contributed by atoms with Crippen LogP contribution in [0.25, 0.3) is 11.1 Å². The first-order valence-electron chi connectivity index (χ1n) is 12.1. The van der Waals surface area contributed by atoms with Gasteiger partial charge in [-0.05, 0) is 75.5 Å². The number of ether oxygens (including phenoxy) is 1. The van der Waals surface area contributed by atoms with Crippen LogP contribution in [0.5, 0.6) is 5.75 Å².